The highest BCUT2D eigenvalue weighted by Gasteiger charge is 2.37. The molecule has 0 atom stereocenters. The van der Waals surface area contributed by atoms with Crippen LogP contribution in [-0.4, -0.2) is 34.5 Å². The predicted octanol–water partition coefficient (Wildman–Crippen LogP) is 6.07. The predicted molar refractivity (Wildman–Crippen MR) is 115 cm³/mol. The van der Waals surface area contributed by atoms with Crippen molar-refractivity contribution in [2.24, 2.45) is 0 Å². The lowest BCUT2D eigenvalue weighted by Gasteiger charge is -2.19. The van der Waals surface area contributed by atoms with Crippen molar-refractivity contribution in [3.05, 3.63) is 89.6 Å². The summed E-state index contributed by atoms with van der Waals surface area (Å²) in [6, 6.07) is 8.59. The molecule has 2 heterocycles. The molecule has 0 saturated heterocycles. The minimum absolute atomic E-state index is 0.0979. The molecule has 0 unspecified atom stereocenters. The highest BCUT2D eigenvalue weighted by Crippen LogP contribution is 2.39. The molecule has 1 aromatic heterocycles. The number of alkyl halides is 6. The zero-order valence-electron chi connectivity index (χ0n) is 17.8. The Hall–Kier alpha value is -3.82. The highest BCUT2D eigenvalue weighted by atomic mass is 19.4. The van der Waals surface area contributed by atoms with E-state index in [0.717, 1.165) is 0 Å². The second kappa shape index (κ2) is 8.51. The SMILES string of the molecule is C=[N+]1C=CC(c2ccccc2OC)=C(c2cncn2-c2cc(C(F)(F)F)cc(C(F)(F)F)c2)C1. The lowest BCUT2D eigenvalue weighted by atomic mass is 9.94. The van der Waals surface area contributed by atoms with Gasteiger partial charge in [0.1, 0.15) is 12.5 Å². The van der Waals surface area contributed by atoms with Gasteiger partial charge in [-0.05, 0) is 24.3 Å². The minimum atomic E-state index is -4.96. The van der Waals surface area contributed by atoms with Gasteiger partial charge in [0.15, 0.2) is 12.7 Å². The van der Waals surface area contributed by atoms with Crippen LogP contribution >= 0.6 is 0 Å². The first-order valence-electron chi connectivity index (χ1n) is 9.93. The molecule has 176 valence electrons. The summed E-state index contributed by atoms with van der Waals surface area (Å²) >= 11 is 0. The normalized spacial score (nSPS) is 14.6. The Morgan fingerprint density at radius 3 is 2.26 bits per heavy atom. The largest absolute Gasteiger partial charge is 0.496 e. The quantitative estimate of drug-likeness (QED) is 0.337. The Bertz CT molecular complexity index is 1280. The fourth-order valence-electron chi connectivity index (χ4n) is 3.76. The third-order valence-electron chi connectivity index (χ3n) is 5.33. The van der Waals surface area contributed by atoms with Gasteiger partial charge in [0.25, 0.3) is 0 Å². The molecule has 3 aromatic rings. The van der Waals surface area contributed by atoms with Crippen molar-refractivity contribution in [3.8, 4) is 11.4 Å². The number of benzene rings is 2. The summed E-state index contributed by atoms with van der Waals surface area (Å²) in [6.07, 6.45) is -3.87. The van der Waals surface area contributed by atoms with E-state index in [4.69, 9.17) is 4.74 Å². The summed E-state index contributed by atoms with van der Waals surface area (Å²) in [4.78, 5) is 4.03. The Labute approximate surface area is 190 Å². The van der Waals surface area contributed by atoms with Crippen LogP contribution < -0.4 is 4.74 Å². The minimum Gasteiger partial charge on any atom is -0.496 e. The van der Waals surface area contributed by atoms with Gasteiger partial charge in [-0.1, -0.05) is 18.2 Å². The molecule has 4 nitrogen and oxygen atoms in total. The Morgan fingerprint density at radius 2 is 1.65 bits per heavy atom. The monoisotopic (exact) mass is 478 g/mol. The number of allylic oxidation sites excluding steroid dienone is 2. The lowest BCUT2D eigenvalue weighted by Crippen LogP contribution is -2.15. The van der Waals surface area contributed by atoms with Gasteiger partial charge in [0, 0.05) is 22.9 Å². The summed E-state index contributed by atoms with van der Waals surface area (Å²) in [5, 5.41) is 0. The van der Waals surface area contributed by atoms with Crippen LogP contribution in [0.3, 0.4) is 0 Å². The van der Waals surface area contributed by atoms with Crippen molar-refractivity contribution in [2.45, 2.75) is 12.4 Å². The van der Waals surface area contributed by atoms with Gasteiger partial charge in [-0.15, -0.1) is 0 Å². The van der Waals surface area contributed by atoms with Crippen molar-refractivity contribution in [1.29, 1.82) is 0 Å². The number of rotatable bonds is 4. The Morgan fingerprint density at radius 1 is 1.00 bits per heavy atom. The van der Waals surface area contributed by atoms with Crippen LogP contribution in [0.4, 0.5) is 26.3 Å². The maximum atomic E-state index is 13.4. The number of halogens is 6. The molecule has 0 amide bonds. The molecule has 0 fully saturated rings. The first-order chi connectivity index (χ1) is 16.0. The van der Waals surface area contributed by atoms with Crippen LogP contribution in [0.25, 0.3) is 16.8 Å². The average Bonchev–Trinajstić information content (AvgIpc) is 3.27. The second-order valence-electron chi connectivity index (χ2n) is 7.57. The van der Waals surface area contributed by atoms with Gasteiger partial charge >= 0.3 is 12.4 Å². The van der Waals surface area contributed by atoms with Crippen LogP contribution in [0, 0.1) is 0 Å². The Balaban J connectivity index is 1.96. The van der Waals surface area contributed by atoms with E-state index in [0.29, 0.717) is 40.3 Å². The fraction of sp³-hybridized carbons (Fsp3) is 0.167. The van der Waals surface area contributed by atoms with Gasteiger partial charge in [0.05, 0.1) is 42.0 Å². The van der Waals surface area contributed by atoms with Crippen LogP contribution in [0.1, 0.15) is 22.4 Å². The van der Waals surface area contributed by atoms with Gasteiger partial charge in [-0.3, -0.25) is 4.57 Å². The van der Waals surface area contributed by atoms with Gasteiger partial charge in [-0.2, -0.15) is 26.3 Å². The number of para-hydroxylation sites is 1. The molecule has 0 aliphatic carbocycles. The number of hydrogen-bond donors (Lipinski definition) is 0. The van der Waals surface area contributed by atoms with E-state index >= 15 is 0 Å². The summed E-state index contributed by atoms with van der Waals surface area (Å²) in [5.74, 6) is 0.557. The van der Waals surface area contributed by atoms with Crippen LogP contribution in [0.2, 0.25) is 0 Å². The van der Waals surface area contributed by atoms with Crippen LogP contribution in [0.15, 0.2) is 67.3 Å². The van der Waals surface area contributed by atoms with Crippen molar-refractivity contribution in [1.82, 2.24) is 9.55 Å². The molecule has 0 bridgehead atoms. The van der Waals surface area contributed by atoms with Crippen LogP contribution in [0.5, 0.6) is 5.75 Å². The number of nitrogens with zero attached hydrogens (tertiary/aromatic N) is 3. The van der Waals surface area contributed by atoms with Crippen molar-refractivity contribution < 1.29 is 35.7 Å². The van der Waals surface area contributed by atoms with Crippen LogP contribution in [-0.2, 0) is 12.4 Å². The maximum absolute atomic E-state index is 13.4. The van der Waals surface area contributed by atoms with Gasteiger partial charge < -0.3 is 4.74 Å². The second-order valence-corrected chi connectivity index (χ2v) is 7.57. The summed E-state index contributed by atoms with van der Waals surface area (Å²) in [7, 11) is 1.50. The van der Waals surface area contributed by atoms with Gasteiger partial charge in [-0.25, -0.2) is 9.56 Å². The molecule has 10 heteroatoms. The molecular weight excluding hydrogens is 460 g/mol. The van der Waals surface area contributed by atoms with E-state index in [1.165, 1.54) is 24.2 Å². The molecule has 0 radical (unpaired) electrons. The zero-order chi connectivity index (χ0) is 24.7. The van der Waals surface area contributed by atoms with Gasteiger partial charge in [0.2, 0.25) is 0 Å². The number of imidazole rings is 1. The molecular formula is C24H18F6N3O+. The van der Waals surface area contributed by atoms with E-state index in [2.05, 4.69) is 11.7 Å². The molecule has 34 heavy (non-hydrogen) atoms. The summed E-state index contributed by atoms with van der Waals surface area (Å²) < 4.78 is 88.7. The zero-order valence-corrected chi connectivity index (χ0v) is 17.8. The fourth-order valence-corrected chi connectivity index (χ4v) is 3.76. The van der Waals surface area contributed by atoms with Crippen molar-refractivity contribution in [2.75, 3.05) is 13.7 Å². The standard InChI is InChI=1S/C24H18F6N3O/c1-32-8-7-18(19-5-3-4-6-22(19)34-2)20(13-32)21-12-31-14-33(21)17-10-15(23(25,26)27)9-16(11-17)24(28,29)30/h3-12,14H,1,13H2,2H3/q+1. The number of aromatic nitrogens is 2. The molecule has 1 aliphatic rings. The molecule has 1 aliphatic heterocycles. The average molecular weight is 478 g/mol. The molecule has 0 saturated carbocycles. The Kier molecular flexibility index (Phi) is 5.84. The van der Waals surface area contributed by atoms with E-state index in [1.807, 2.05) is 6.07 Å². The topological polar surface area (TPSA) is 30.1 Å². The third-order valence-corrected chi connectivity index (χ3v) is 5.33. The molecule has 2 aromatic carbocycles. The summed E-state index contributed by atoms with van der Waals surface area (Å²) in [6.45, 7) is 4.11. The first-order valence-corrected chi connectivity index (χ1v) is 9.93. The lowest BCUT2D eigenvalue weighted by molar-refractivity contribution is -0.433. The molecule has 0 spiro atoms. The number of hydrogen-bond acceptors (Lipinski definition) is 2. The first kappa shape index (κ1) is 23.3. The summed E-state index contributed by atoms with van der Waals surface area (Å²) in [5.41, 5.74) is -0.806. The van der Waals surface area contributed by atoms with E-state index in [9.17, 15) is 26.3 Å². The molecule has 0 N–H and O–H groups in total. The molecule has 4 rings (SSSR count). The number of ether oxygens (including phenoxy) is 1. The van der Waals surface area contributed by atoms with E-state index < -0.39 is 23.5 Å². The highest BCUT2D eigenvalue weighted by molar-refractivity contribution is 5.97. The third kappa shape index (κ3) is 4.48. The maximum Gasteiger partial charge on any atom is 0.416 e. The van der Waals surface area contributed by atoms with E-state index in [1.54, 1.807) is 35.1 Å². The van der Waals surface area contributed by atoms with E-state index in [-0.39, 0.29) is 18.3 Å². The van der Waals surface area contributed by atoms with Crippen molar-refractivity contribution in [3.63, 3.8) is 0 Å². The number of methoxy groups -OCH3 is 1. The smallest absolute Gasteiger partial charge is 0.416 e. The van der Waals surface area contributed by atoms with Crippen molar-refractivity contribution >= 4 is 17.9 Å².